The summed E-state index contributed by atoms with van der Waals surface area (Å²) >= 11 is 0. The quantitative estimate of drug-likeness (QED) is 0.694. The van der Waals surface area contributed by atoms with Crippen molar-refractivity contribution >= 4 is 5.91 Å². The number of aryl methyl sites for hydroxylation is 1. The van der Waals surface area contributed by atoms with E-state index in [0.29, 0.717) is 18.2 Å². The summed E-state index contributed by atoms with van der Waals surface area (Å²) in [6, 6.07) is 18.8. The molecule has 1 saturated heterocycles. The van der Waals surface area contributed by atoms with E-state index in [4.69, 9.17) is 4.74 Å². The molecule has 2 aromatic rings. The van der Waals surface area contributed by atoms with Crippen LogP contribution in [0.4, 0.5) is 0 Å². The molecule has 0 bridgehead atoms. The highest BCUT2D eigenvalue weighted by molar-refractivity contribution is 5.76. The molecule has 150 valence electrons. The monoisotopic (exact) mass is 380 g/mol. The molecular weight excluding hydrogens is 348 g/mol. The largest absolute Gasteiger partial charge is 0.497 e. The van der Waals surface area contributed by atoms with Crippen molar-refractivity contribution in [1.29, 1.82) is 0 Å². The molecule has 1 aliphatic heterocycles. The van der Waals surface area contributed by atoms with E-state index in [1.54, 1.807) is 7.11 Å². The van der Waals surface area contributed by atoms with Gasteiger partial charge in [0.2, 0.25) is 5.91 Å². The predicted molar refractivity (Wildman–Crippen MR) is 113 cm³/mol. The Balaban J connectivity index is 1.38. The van der Waals surface area contributed by atoms with Crippen LogP contribution >= 0.6 is 0 Å². The maximum atomic E-state index is 12.6. The average molecular weight is 381 g/mol. The molecule has 4 heteroatoms. The number of hydrogen-bond donors (Lipinski definition) is 0. The second kappa shape index (κ2) is 10.3. The van der Waals surface area contributed by atoms with Crippen LogP contribution in [0.1, 0.15) is 30.9 Å². The lowest BCUT2D eigenvalue weighted by atomic mass is 9.97. The van der Waals surface area contributed by atoms with Crippen LogP contribution in [-0.4, -0.2) is 49.0 Å². The first-order valence-electron chi connectivity index (χ1n) is 10.3. The fourth-order valence-corrected chi connectivity index (χ4v) is 3.73. The first-order valence-corrected chi connectivity index (χ1v) is 10.3. The summed E-state index contributed by atoms with van der Waals surface area (Å²) in [6.45, 7) is 6.67. The van der Waals surface area contributed by atoms with Gasteiger partial charge in [0.15, 0.2) is 0 Å². The molecule has 1 heterocycles. The van der Waals surface area contributed by atoms with Crippen molar-refractivity contribution in [2.45, 2.75) is 32.7 Å². The number of rotatable bonds is 8. The van der Waals surface area contributed by atoms with Crippen LogP contribution < -0.4 is 4.74 Å². The fourth-order valence-electron chi connectivity index (χ4n) is 3.73. The highest BCUT2D eigenvalue weighted by Crippen LogP contribution is 2.17. The van der Waals surface area contributed by atoms with Crippen LogP contribution in [-0.2, 0) is 17.8 Å². The Morgan fingerprint density at radius 1 is 0.964 bits per heavy atom. The molecule has 0 aliphatic carbocycles. The molecule has 0 radical (unpaired) electrons. The second-order valence-corrected chi connectivity index (χ2v) is 7.84. The Morgan fingerprint density at radius 2 is 1.64 bits per heavy atom. The number of benzene rings is 2. The molecule has 0 aromatic heterocycles. The summed E-state index contributed by atoms with van der Waals surface area (Å²) in [5, 5.41) is 0. The highest BCUT2D eigenvalue weighted by Gasteiger charge is 2.22. The van der Waals surface area contributed by atoms with Crippen LogP contribution in [0.25, 0.3) is 0 Å². The third kappa shape index (κ3) is 6.10. The van der Waals surface area contributed by atoms with Gasteiger partial charge in [0.1, 0.15) is 5.75 Å². The third-order valence-electron chi connectivity index (χ3n) is 5.58. The SMILES string of the molecule is COc1ccc(CN2CCN(C(=O)CC(C)CCc3ccccc3)CC2)cc1. The Kier molecular flexibility index (Phi) is 7.49. The van der Waals surface area contributed by atoms with Gasteiger partial charge in [-0.1, -0.05) is 49.4 Å². The number of methoxy groups -OCH3 is 1. The van der Waals surface area contributed by atoms with Crippen molar-refractivity contribution in [2.24, 2.45) is 5.92 Å². The number of hydrogen-bond acceptors (Lipinski definition) is 3. The van der Waals surface area contributed by atoms with Crippen LogP contribution in [0.2, 0.25) is 0 Å². The minimum atomic E-state index is 0.310. The van der Waals surface area contributed by atoms with E-state index in [0.717, 1.165) is 51.3 Å². The molecule has 1 atom stereocenters. The third-order valence-corrected chi connectivity index (χ3v) is 5.58. The molecule has 0 N–H and O–H groups in total. The molecule has 28 heavy (non-hydrogen) atoms. The van der Waals surface area contributed by atoms with Crippen LogP contribution in [0.5, 0.6) is 5.75 Å². The molecule has 2 aromatic carbocycles. The summed E-state index contributed by atoms with van der Waals surface area (Å²) in [5.74, 6) is 1.62. The lowest BCUT2D eigenvalue weighted by molar-refractivity contribution is -0.133. The van der Waals surface area contributed by atoms with Crippen LogP contribution in [0.15, 0.2) is 54.6 Å². The van der Waals surface area contributed by atoms with Crippen molar-refractivity contribution in [2.75, 3.05) is 33.3 Å². The van der Waals surface area contributed by atoms with Crippen molar-refractivity contribution in [3.05, 3.63) is 65.7 Å². The Hall–Kier alpha value is -2.33. The highest BCUT2D eigenvalue weighted by atomic mass is 16.5. The summed E-state index contributed by atoms with van der Waals surface area (Å²) < 4.78 is 5.22. The summed E-state index contributed by atoms with van der Waals surface area (Å²) in [4.78, 5) is 17.1. The van der Waals surface area contributed by atoms with E-state index >= 15 is 0 Å². The van der Waals surface area contributed by atoms with E-state index in [9.17, 15) is 4.79 Å². The first-order chi connectivity index (χ1) is 13.6. The zero-order valence-electron chi connectivity index (χ0n) is 17.1. The molecule has 1 aliphatic rings. The second-order valence-electron chi connectivity index (χ2n) is 7.84. The predicted octanol–water partition coefficient (Wildman–Crippen LogP) is 4.00. The van der Waals surface area contributed by atoms with E-state index < -0.39 is 0 Å². The maximum absolute atomic E-state index is 12.6. The smallest absolute Gasteiger partial charge is 0.222 e. The Morgan fingerprint density at radius 3 is 2.29 bits per heavy atom. The summed E-state index contributed by atoms with van der Waals surface area (Å²) in [5.41, 5.74) is 2.64. The van der Waals surface area contributed by atoms with Crippen molar-refractivity contribution in [3.8, 4) is 5.75 Å². The van der Waals surface area contributed by atoms with Gasteiger partial charge in [-0.15, -0.1) is 0 Å². The zero-order chi connectivity index (χ0) is 19.8. The van der Waals surface area contributed by atoms with Crippen molar-refractivity contribution < 1.29 is 9.53 Å². The van der Waals surface area contributed by atoms with E-state index in [1.165, 1.54) is 11.1 Å². The molecule has 1 fully saturated rings. The van der Waals surface area contributed by atoms with Crippen molar-refractivity contribution in [3.63, 3.8) is 0 Å². The lowest BCUT2D eigenvalue weighted by Crippen LogP contribution is -2.48. The minimum absolute atomic E-state index is 0.310. The number of ether oxygens (including phenoxy) is 1. The topological polar surface area (TPSA) is 32.8 Å². The molecule has 1 amide bonds. The minimum Gasteiger partial charge on any atom is -0.497 e. The van der Waals surface area contributed by atoms with Crippen LogP contribution in [0.3, 0.4) is 0 Å². The summed E-state index contributed by atoms with van der Waals surface area (Å²) in [7, 11) is 1.69. The average Bonchev–Trinajstić information content (AvgIpc) is 2.74. The molecule has 4 nitrogen and oxygen atoms in total. The summed E-state index contributed by atoms with van der Waals surface area (Å²) in [6.07, 6.45) is 2.77. The number of amides is 1. The Bertz CT molecular complexity index is 722. The van der Waals surface area contributed by atoms with Gasteiger partial charge in [-0.3, -0.25) is 9.69 Å². The lowest BCUT2D eigenvalue weighted by Gasteiger charge is -2.35. The van der Waals surface area contributed by atoms with Gasteiger partial charge in [-0.25, -0.2) is 0 Å². The molecular formula is C24H32N2O2. The van der Waals surface area contributed by atoms with Gasteiger partial charge >= 0.3 is 0 Å². The number of carbonyl (C=O) groups is 1. The number of piperazine rings is 1. The molecule has 3 rings (SSSR count). The van der Waals surface area contributed by atoms with E-state index in [2.05, 4.69) is 48.2 Å². The van der Waals surface area contributed by atoms with Crippen LogP contribution in [0, 0.1) is 5.92 Å². The molecule has 0 spiro atoms. The zero-order valence-corrected chi connectivity index (χ0v) is 17.1. The molecule has 1 unspecified atom stereocenters. The fraction of sp³-hybridized carbons (Fsp3) is 0.458. The van der Waals surface area contributed by atoms with Gasteiger partial charge in [0, 0.05) is 39.1 Å². The van der Waals surface area contributed by atoms with Gasteiger partial charge in [-0.2, -0.15) is 0 Å². The number of carbonyl (C=O) groups excluding carboxylic acids is 1. The standard InChI is InChI=1S/C24H32N2O2/c1-20(8-9-21-6-4-3-5-7-21)18-24(27)26-16-14-25(15-17-26)19-22-10-12-23(28-2)13-11-22/h3-7,10-13,20H,8-9,14-19H2,1-2H3. The van der Waals surface area contributed by atoms with Gasteiger partial charge in [-0.05, 0) is 42.0 Å². The first kappa shape index (κ1) is 20.4. The van der Waals surface area contributed by atoms with E-state index in [1.807, 2.05) is 23.1 Å². The number of nitrogens with zero attached hydrogens (tertiary/aromatic N) is 2. The normalized spacial score (nSPS) is 16.0. The molecule has 0 saturated carbocycles. The maximum Gasteiger partial charge on any atom is 0.222 e. The Labute approximate surface area is 169 Å². The van der Waals surface area contributed by atoms with Crippen molar-refractivity contribution in [1.82, 2.24) is 9.80 Å². The van der Waals surface area contributed by atoms with Gasteiger partial charge in [0.05, 0.1) is 7.11 Å². The van der Waals surface area contributed by atoms with E-state index in [-0.39, 0.29) is 0 Å². The van der Waals surface area contributed by atoms with Gasteiger partial charge in [0.25, 0.3) is 0 Å². The van der Waals surface area contributed by atoms with Gasteiger partial charge < -0.3 is 9.64 Å².